The monoisotopic (exact) mass is 260 g/mol. The van der Waals surface area contributed by atoms with Gasteiger partial charge in [-0.3, -0.25) is 4.79 Å². The lowest BCUT2D eigenvalue weighted by atomic mass is 10.1. The molecule has 2 N–H and O–H groups in total. The molecule has 1 heterocycles. The van der Waals surface area contributed by atoms with Crippen molar-refractivity contribution >= 4 is 11.9 Å². The van der Waals surface area contributed by atoms with Crippen molar-refractivity contribution in [3.8, 4) is 0 Å². The van der Waals surface area contributed by atoms with Crippen LogP contribution in [0.2, 0.25) is 0 Å². The molecule has 6 nitrogen and oxygen atoms in total. The summed E-state index contributed by atoms with van der Waals surface area (Å²) < 4.78 is 5.05. The molecule has 98 valence electrons. The van der Waals surface area contributed by atoms with Gasteiger partial charge in [0.2, 0.25) is 5.76 Å². The Morgan fingerprint density at radius 3 is 2.53 bits per heavy atom. The van der Waals surface area contributed by atoms with E-state index in [1.54, 1.807) is 37.3 Å². The fraction of sp³-hybridized carbons (Fsp3) is 0.154. The molecule has 0 aliphatic heterocycles. The number of hydrogen-bond acceptors (Lipinski definition) is 4. The van der Waals surface area contributed by atoms with E-state index in [0.29, 0.717) is 11.5 Å². The number of aryl methyl sites for hydroxylation is 1. The predicted molar refractivity (Wildman–Crippen MR) is 65.5 cm³/mol. The molecule has 0 radical (unpaired) electrons. The Morgan fingerprint density at radius 2 is 2.00 bits per heavy atom. The second-order valence-corrected chi connectivity index (χ2v) is 3.90. The van der Waals surface area contributed by atoms with Crippen LogP contribution in [0.15, 0.2) is 40.9 Å². The van der Waals surface area contributed by atoms with Gasteiger partial charge in [0.15, 0.2) is 11.9 Å². The molecule has 1 amide bonds. The smallest absolute Gasteiger partial charge is 0.330 e. The molecule has 0 saturated heterocycles. The molecule has 19 heavy (non-hydrogen) atoms. The fourth-order valence-electron chi connectivity index (χ4n) is 1.60. The van der Waals surface area contributed by atoms with Gasteiger partial charge in [-0.05, 0) is 5.56 Å². The lowest BCUT2D eigenvalue weighted by molar-refractivity contribution is -0.139. The molecule has 1 aromatic heterocycles. The van der Waals surface area contributed by atoms with Crippen molar-refractivity contribution in [2.75, 3.05) is 0 Å². The van der Waals surface area contributed by atoms with Gasteiger partial charge >= 0.3 is 5.97 Å². The highest BCUT2D eigenvalue weighted by atomic mass is 16.4. The van der Waals surface area contributed by atoms with Gasteiger partial charge in [0.25, 0.3) is 5.91 Å². The van der Waals surface area contributed by atoms with Crippen molar-refractivity contribution in [3.05, 3.63) is 53.7 Å². The minimum absolute atomic E-state index is 0.0142. The highest BCUT2D eigenvalue weighted by Gasteiger charge is 2.23. The Hall–Kier alpha value is -2.63. The van der Waals surface area contributed by atoms with Gasteiger partial charge in [0.05, 0.1) is 6.20 Å². The summed E-state index contributed by atoms with van der Waals surface area (Å²) in [4.78, 5) is 26.8. The zero-order chi connectivity index (χ0) is 13.8. The molecule has 0 bridgehead atoms. The summed E-state index contributed by atoms with van der Waals surface area (Å²) in [5.41, 5.74) is 0.486. The first-order valence-corrected chi connectivity index (χ1v) is 5.59. The van der Waals surface area contributed by atoms with Gasteiger partial charge < -0.3 is 14.8 Å². The minimum Gasteiger partial charge on any atom is -0.479 e. The molecule has 2 aromatic rings. The molecule has 1 atom stereocenters. The quantitative estimate of drug-likeness (QED) is 0.869. The summed E-state index contributed by atoms with van der Waals surface area (Å²) >= 11 is 0. The van der Waals surface area contributed by atoms with Crippen LogP contribution < -0.4 is 5.32 Å². The van der Waals surface area contributed by atoms with E-state index in [-0.39, 0.29) is 5.76 Å². The zero-order valence-corrected chi connectivity index (χ0v) is 10.2. The second kappa shape index (κ2) is 5.34. The van der Waals surface area contributed by atoms with Crippen molar-refractivity contribution < 1.29 is 19.1 Å². The second-order valence-electron chi connectivity index (χ2n) is 3.90. The Balaban J connectivity index is 2.18. The third-order valence-electron chi connectivity index (χ3n) is 2.50. The van der Waals surface area contributed by atoms with Crippen molar-refractivity contribution in [3.63, 3.8) is 0 Å². The van der Waals surface area contributed by atoms with Crippen molar-refractivity contribution in [2.45, 2.75) is 13.0 Å². The van der Waals surface area contributed by atoms with Crippen LogP contribution >= 0.6 is 0 Å². The summed E-state index contributed by atoms with van der Waals surface area (Å²) in [7, 11) is 0. The normalized spacial score (nSPS) is 11.8. The number of aliphatic carboxylic acids is 1. The summed E-state index contributed by atoms with van der Waals surface area (Å²) in [5, 5.41) is 11.6. The highest BCUT2D eigenvalue weighted by molar-refractivity contribution is 5.94. The first-order valence-electron chi connectivity index (χ1n) is 5.59. The molecule has 6 heteroatoms. The van der Waals surface area contributed by atoms with Crippen LogP contribution in [0.1, 0.15) is 28.1 Å². The number of nitrogens with one attached hydrogen (secondary N) is 1. The van der Waals surface area contributed by atoms with Crippen LogP contribution in [0.4, 0.5) is 0 Å². The maximum atomic E-state index is 11.8. The topological polar surface area (TPSA) is 92.4 Å². The third kappa shape index (κ3) is 2.98. The third-order valence-corrected chi connectivity index (χ3v) is 2.50. The first kappa shape index (κ1) is 12.8. The van der Waals surface area contributed by atoms with E-state index in [4.69, 9.17) is 9.52 Å². The number of oxazole rings is 1. The molecule has 1 aromatic carbocycles. The van der Waals surface area contributed by atoms with Crippen LogP contribution in [-0.2, 0) is 4.79 Å². The van der Waals surface area contributed by atoms with Gasteiger partial charge in [-0.1, -0.05) is 30.3 Å². The summed E-state index contributed by atoms with van der Waals surface area (Å²) in [6.45, 7) is 1.60. The fourth-order valence-corrected chi connectivity index (χ4v) is 1.60. The number of amides is 1. The Labute approximate surface area is 109 Å². The first-order chi connectivity index (χ1) is 9.08. The number of carboxylic acid groups (broad SMARTS) is 1. The number of nitrogens with zero attached hydrogens (tertiary/aromatic N) is 1. The summed E-state index contributed by atoms with van der Waals surface area (Å²) in [6.07, 6.45) is 1.26. The molecular weight excluding hydrogens is 248 g/mol. The standard InChI is InChI=1S/C13H12N2O4/c1-8-14-7-10(19-8)12(16)15-11(13(17)18)9-5-3-2-4-6-9/h2-7,11H,1H3,(H,15,16)(H,17,18). The van der Waals surface area contributed by atoms with Gasteiger partial charge in [-0.25, -0.2) is 9.78 Å². The van der Waals surface area contributed by atoms with Crippen LogP contribution in [0.25, 0.3) is 0 Å². The lowest BCUT2D eigenvalue weighted by Crippen LogP contribution is -2.33. The van der Waals surface area contributed by atoms with Gasteiger partial charge in [0.1, 0.15) is 0 Å². The average molecular weight is 260 g/mol. The number of carbonyl (C=O) groups is 2. The minimum atomic E-state index is -1.14. The van der Waals surface area contributed by atoms with E-state index in [9.17, 15) is 9.59 Å². The summed E-state index contributed by atoms with van der Waals surface area (Å²) in [6, 6.07) is 7.31. The number of carboxylic acids is 1. The number of carbonyl (C=O) groups excluding carboxylic acids is 1. The van der Waals surface area contributed by atoms with E-state index < -0.39 is 17.9 Å². The van der Waals surface area contributed by atoms with Gasteiger partial charge in [-0.2, -0.15) is 0 Å². The number of rotatable bonds is 4. The zero-order valence-electron chi connectivity index (χ0n) is 10.2. The molecule has 0 fully saturated rings. The Kier molecular flexibility index (Phi) is 3.61. The average Bonchev–Trinajstić information content (AvgIpc) is 2.83. The van der Waals surface area contributed by atoms with Crippen LogP contribution in [0.5, 0.6) is 0 Å². The molecule has 0 aliphatic rings. The number of aromatic nitrogens is 1. The summed E-state index contributed by atoms with van der Waals surface area (Å²) in [5.74, 6) is -1.43. The predicted octanol–water partition coefficient (Wildman–Crippen LogP) is 1.54. The van der Waals surface area contributed by atoms with Gasteiger partial charge in [0, 0.05) is 6.92 Å². The molecule has 0 aliphatic carbocycles. The van der Waals surface area contributed by atoms with Crippen LogP contribution in [-0.4, -0.2) is 22.0 Å². The highest BCUT2D eigenvalue weighted by Crippen LogP contribution is 2.14. The van der Waals surface area contributed by atoms with E-state index in [0.717, 1.165) is 0 Å². The maximum absolute atomic E-state index is 11.8. The number of hydrogen-bond donors (Lipinski definition) is 2. The van der Waals surface area contributed by atoms with Crippen molar-refractivity contribution in [2.24, 2.45) is 0 Å². The molecular formula is C13H12N2O4. The lowest BCUT2D eigenvalue weighted by Gasteiger charge is -2.13. The molecule has 0 saturated carbocycles. The Bertz CT molecular complexity index is 592. The number of benzene rings is 1. The molecule has 2 rings (SSSR count). The SMILES string of the molecule is Cc1ncc(C(=O)NC(C(=O)O)c2ccccc2)o1. The Morgan fingerprint density at radius 1 is 1.32 bits per heavy atom. The van der Waals surface area contributed by atoms with Crippen molar-refractivity contribution in [1.82, 2.24) is 10.3 Å². The molecule has 0 spiro atoms. The van der Waals surface area contributed by atoms with E-state index in [1.807, 2.05) is 0 Å². The largest absolute Gasteiger partial charge is 0.479 e. The van der Waals surface area contributed by atoms with E-state index in [2.05, 4.69) is 10.3 Å². The van der Waals surface area contributed by atoms with Crippen LogP contribution in [0, 0.1) is 6.92 Å². The van der Waals surface area contributed by atoms with Crippen molar-refractivity contribution in [1.29, 1.82) is 0 Å². The van der Waals surface area contributed by atoms with Crippen LogP contribution in [0.3, 0.4) is 0 Å². The van der Waals surface area contributed by atoms with E-state index >= 15 is 0 Å². The van der Waals surface area contributed by atoms with Gasteiger partial charge in [-0.15, -0.1) is 0 Å². The maximum Gasteiger partial charge on any atom is 0.330 e. The molecule has 1 unspecified atom stereocenters. The van der Waals surface area contributed by atoms with E-state index in [1.165, 1.54) is 6.20 Å².